The molecule has 3 heteroatoms. The van der Waals surface area contributed by atoms with E-state index in [0.717, 1.165) is 18.0 Å². The number of hydrogen-bond donors (Lipinski definition) is 1. The van der Waals surface area contributed by atoms with Gasteiger partial charge in [0, 0.05) is 6.54 Å². The molecule has 0 saturated heterocycles. The second-order valence-corrected chi connectivity index (χ2v) is 4.70. The zero-order valence-electron chi connectivity index (χ0n) is 10.2. The van der Waals surface area contributed by atoms with Crippen LogP contribution in [0.15, 0.2) is 35.0 Å². The molecule has 1 aromatic carbocycles. The van der Waals surface area contributed by atoms with Crippen molar-refractivity contribution in [3.63, 3.8) is 0 Å². The molecule has 0 aliphatic carbocycles. The molecular weight excluding hydrogens is 230 g/mol. The average molecular weight is 247 g/mol. The summed E-state index contributed by atoms with van der Waals surface area (Å²) < 4.78 is 5.63. The molecule has 0 amide bonds. The zero-order valence-corrected chi connectivity index (χ0v) is 11.0. The maximum absolute atomic E-state index is 5.63. The van der Waals surface area contributed by atoms with Gasteiger partial charge in [-0.2, -0.15) is 11.3 Å². The highest BCUT2D eigenvalue weighted by atomic mass is 32.1. The molecule has 0 bridgehead atoms. The van der Waals surface area contributed by atoms with Gasteiger partial charge < -0.3 is 10.1 Å². The Balaban J connectivity index is 2.08. The Labute approximate surface area is 106 Å². The van der Waals surface area contributed by atoms with Crippen molar-refractivity contribution >= 4 is 17.0 Å². The molecule has 2 aromatic rings. The summed E-state index contributed by atoms with van der Waals surface area (Å²) in [7, 11) is 0. The van der Waals surface area contributed by atoms with Crippen molar-refractivity contribution in [3.8, 4) is 5.75 Å². The molecule has 90 valence electrons. The van der Waals surface area contributed by atoms with Crippen molar-refractivity contribution in [2.24, 2.45) is 0 Å². The molecule has 0 radical (unpaired) electrons. The molecule has 0 aliphatic heterocycles. The quantitative estimate of drug-likeness (QED) is 0.860. The van der Waals surface area contributed by atoms with E-state index >= 15 is 0 Å². The van der Waals surface area contributed by atoms with Gasteiger partial charge in [0.05, 0.1) is 12.3 Å². The third kappa shape index (κ3) is 3.24. The largest absolute Gasteiger partial charge is 0.492 e. The van der Waals surface area contributed by atoms with Crippen molar-refractivity contribution in [2.45, 2.75) is 20.4 Å². The normalized spacial score (nSPS) is 10.2. The van der Waals surface area contributed by atoms with E-state index < -0.39 is 0 Å². The van der Waals surface area contributed by atoms with Gasteiger partial charge in [-0.25, -0.2) is 0 Å². The second kappa shape index (κ2) is 5.73. The molecule has 0 spiro atoms. The minimum absolute atomic E-state index is 0.691. The van der Waals surface area contributed by atoms with Crippen molar-refractivity contribution in [1.82, 2.24) is 0 Å². The van der Waals surface area contributed by atoms with Gasteiger partial charge in [-0.15, -0.1) is 0 Å². The molecular formula is C14H17NOS. The lowest BCUT2D eigenvalue weighted by Crippen LogP contribution is -2.02. The highest BCUT2D eigenvalue weighted by Crippen LogP contribution is 2.26. The van der Waals surface area contributed by atoms with Crippen LogP contribution in [0, 0.1) is 6.92 Å². The summed E-state index contributed by atoms with van der Waals surface area (Å²) in [4.78, 5) is 0. The van der Waals surface area contributed by atoms with Crippen LogP contribution in [0.1, 0.15) is 18.1 Å². The Morgan fingerprint density at radius 2 is 2.18 bits per heavy atom. The number of benzene rings is 1. The number of aryl methyl sites for hydroxylation is 1. The molecule has 0 saturated carbocycles. The van der Waals surface area contributed by atoms with E-state index in [9.17, 15) is 0 Å². The lowest BCUT2D eigenvalue weighted by atomic mass is 10.2. The minimum Gasteiger partial charge on any atom is -0.492 e. The number of nitrogens with one attached hydrogen (secondary N) is 1. The van der Waals surface area contributed by atoms with Gasteiger partial charge in [-0.05, 0) is 53.9 Å². The van der Waals surface area contributed by atoms with Gasteiger partial charge >= 0.3 is 0 Å². The molecule has 2 nitrogen and oxygen atoms in total. The van der Waals surface area contributed by atoms with Gasteiger partial charge in [0.25, 0.3) is 0 Å². The number of anilines is 1. The van der Waals surface area contributed by atoms with Gasteiger partial charge in [0.15, 0.2) is 0 Å². The van der Waals surface area contributed by atoms with Crippen molar-refractivity contribution in [3.05, 3.63) is 46.2 Å². The van der Waals surface area contributed by atoms with Gasteiger partial charge in [-0.1, -0.05) is 6.07 Å². The molecule has 0 fully saturated rings. The molecule has 1 N–H and O–H groups in total. The number of rotatable bonds is 5. The van der Waals surface area contributed by atoms with Crippen LogP contribution in [0.25, 0.3) is 0 Å². The minimum atomic E-state index is 0.691. The third-order valence-corrected chi connectivity index (χ3v) is 3.23. The predicted molar refractivity (Wildman–Crippen MR) is 74.0 cm³/mol. The molecule has 0 unspecified atom stereocenters. The number of thiophene rings is 1. The molecule has 2 rings (SSSR count). The summed E-state index contributed by atoms with van der Waals surface area (Å²) in [6, 6.07) is 8.37. The van der Waals surface area contributed by atoms with Crippen LogP contribution >= 0.6 is 11.3 Å². The summed E-state index contributed by atoms with van der Waals surface area (Å²) >= 11 is 1.72. The molecule has 1 aromatic heterocycles. The zero-order chi connectivity index (χ0) is 12.1. The first kappa shape index (κ1) is 12.0. The molecule has 0 aliphatic rings. The van der Waals surface area contributed by atoms with Crippen LogP contribution in [0.3, 0.4) is 0 Å². The fourth-order valence-corrected chi connectivity index (χ4v) is 2.31. The average Bonchev–Trinajstić information content (AvgIpc) is 2.81. The van der Waals surface area contributed by atoms with E-state index in [4.69, 9.17) is 4.74 Å². The maximum Gasteiger partial charge on any atom is 0.142 e. The molecule has 17 heavy (non-hydrogen) atoms. The second-order valence-electron chi connectivity index (χ2n) is 3.92. The first-order valence-corrected chi connectivity index (χ1v) is 6.72. The third-order valence-electron chi connectivity index (χ3n) is 2.50. The lowest BCUT2D eigenvalue weighted by molar-refractivity contribution is 0.341. The summed E-state index contributed by atoms with van der Waals surface area (Å²) in [6.07, 6.45) is 0. The van der Waals surface area contributed by atoms with E-state index in [0.29, 0.717) is 6.61 Å². The van der Waals surface area contributed by atoms with E-state index in [-0.39, 0.29) is 0 Å². The van der Waals surface area contributed by atoms with E-state index in [1.54, 1.807) is 11.3 Å². The standard InChI is InChI=1S/C14H17NOS/c1-3-16-14-8-11(2)4-5-13(14)15-9-12-6-7-17-10-12/h4-8,10,15H,3,9H2,1-2H3. The Kier molecular flexibility index (Phi) is 4.04. The fourth-order valence-electron chi connectivity index (χ4n) is 1.64. The summed E-state index contributed by atoms with van der Waals surface area (Å²) in [5.41, 5.74) is 3.58. The monoisotopic (exact) mass is 247 g/mol. The maximum atomic E-state index is 5.63. The first-order chi connectivity index (χ1) is 8.29. The summed E-state index contributed by atoms with van der Waals surface area (Å²) in [6.45, 7) is 5.61. The SMILES string of the molecule is CCOc1cc(C)ccc1NCc1ccsc1. The molecule has 0 atom stereocenters. The molecule has 1 heterocycles. The van der Waals surface area contributed by atoms with Crippen molar-refractivity contribution < 1.29 is 4.74 Å². The van der Waals surface area contributed by atoms with Crippen LogP contribution in [-0.2, 0) is 6.54 Å². The first-order valence-electron chi connectivity index (χ1n) is 5.78. The highest BCUT2D eigenvalue weighted by molar-refractivity contribution is 7.07. The summed E-state index contributed by atoms with van der Waals surface area (Å²) in [5.74, 6) is 0.933. The predicted octanol–water partition coefficient (Wildman–Crippen LogP) is 4.07. The Bertz CT molecular complexity index is 465. The Morgan fingerprint density at radius 3 is 2.88 bits per heavy atom. The van der Waals surface area contributed by atoms with E-state index in [1.165, 1.54) is 11.1 Å². The van der Waals surface area contributed by atoms with Gasteiger partial charge in [-0.3, -0.25) is 0 Å². The van der Waals surface area contributed by atoms with Crippen LogP contribution in [-0.4, -0.2) is 6.61 Å². The number of hydrogen-bond acceptors (Lipinski definition) is 3. The summed E-state index contributed by atoms with van der Waals surface area (Å²) in [5, 5.41) is 7.66. The van der Waals surface area contributed by atoms with E-state index in [1.807, 2.05) is 6.92 Å². The van der Waals surface area contributed by atoms with Crippen LogP contribution < -0.4 is 10.1 Å². The van der Waals surface area contributed by atoms with Crippen LogP contribution in [0.2, 0.25) is 0 Å². The van der Waals surface area contributed by atoms with E-state index in [2.05, 4.69) is 47.3 Å². The topological polar surface area (TPSA) is 21.3 Å². The smallest absolute Gasteiger partial charge is 0.142 e. The fraction of sp³-hybridized carbons (Fsp3) is 0.286. The number of ether oxygens (including phenoxy) is 1. The van der Waals surface area contributed by atoms with Gasteiger partial charge in [0.1, 0.15) is 5.75 Å². The van der Waals surface area contributed by atoms with Crippen molar-refractivity contribution in [1.29, 1.82) is 0 Å². The van der Waals surface area contributed by atoms with Gasteiger partial charge in [0.2, 0.25) is 0 Å². The Morgan fingerprint density at radius 1 is 1.29 bits per heavy atom. The lowest BCUT2D eigenvalue weighted by Gasteiger charge is -2.12. The van der Waals surface area contributed by atoms with Crippen LogP contribution in [0.4, 0.5) is 5.69 Å². The van der Waals surface area contributed by atoms with Crippen molar-refractivity contribution in [2.75, 3.05) is 11.9 Å². The Hall–Kier alpha value is -1.48. The highest BCUT2D eigenvalue weighted by Gasteiger charge is 2.03. The van der Waals surface area contributed by atoms with Crippen LogP contribution in [0.5, 0.6) is 5.75 Å².